The number of alkyl halides is 3. The van der Waals surface area contributed by atoms with Crippen LogP contribution in [0.25, 0.3) is 0 Å². The number of ether oxygens (including phenoxy) is 1. The van der Waals surface area contributed by atoms with E-state index in [1.54, 1.807) is 26.8 Å². The molecule has 8 heteroatoms. The second-order valence-electron chi connectivity index (χ2n) is 5.50. The van der Waals surface area contributed by atoms with Gasteiger partial charge < -0.3 is 9.64 Å². The molecule has 108 valence electrons. The number of rotatable bonds is 2. The molecule has 0 aromatic carbocycles. The third-order valence-electron chi connectivity index (χ3n) is 2.41. The molecule has 0 bridgehead atoms. The number of nitriles is 1. The van der Waals surface area contributed by atoms with Gasteiger partial charge in [-0.2, -0.15) is 18.4 Å². The summed E-state index contributed by atoms with van der Waals surface area (Å²) in [5.41, 5.74) is -2.02. The predicted octanol–water partition coefficient (Wildman–Crippen LogP) is 1.65. The smallest absolute Gasteiger partial charge is 0.410 e. The summed E-state index contributed by atoms with van der Waals surface area (Å²) in [6.45, 7) is 3.56. The number of likely N-dealkylation sites (tertiary alicyclic amines) is 1. The molecule has 1 saturated heterocycles. The molecule has 1 fully saturated rings. The summed E-state index contributed by atoms with van der Waals surface area (Å²) in [7, 11) is 0. The molecule has 0 saturated carbocycles. The van der Waals surface area contributed by atoms with Gasteiger partial charge in [-0.05, 0) is 20.8 Å². The van der Waals surface area contributed by atoms with Crippen molar-refractivity contribution in [2.24, 2.45) is 0 Å². The predicted molar refractivity (Wildman–Crippen MR) is 60.2 cm³/mol. The van der Waals surface area contributed by atoms with Crippen LogP contribution in [-0.2, 0) is 4.74 Å². The van der Waals surface area contributed by atoms with E-state index in [0.29, 0.717) is 0 Å². The third-order valence-corrected chi connectivity index (χ3v) is 2.41. The Morgan fingerprint density at radius 3 is 2.32 bits per heavy atom. The maximum atomic E-state index is 12.1. The molecule has 1 amide bonds. The largest absolute Gasteiger partial charge is 0.444 e. The van der Waals surface area contributed by atoms with Gasteiger partial charge in [0, 0.05) is 0 Å². The Balaban J connectivity index is 2.49. The van der Waals surface area contributed by atoms with Crippen LogP contribution in [0.4, 0.5) is 18.0 Å². The van der Waals surface area contributed by atoms with E-state index in [1.807, 2.05) is 0 Å². The fourth-order valence-electron chi connectivity index (χ4n) is 1.55. The third kappa shape index (κ3) is 4.59. The van der Waals surface area contributed by atoms with Gasteiger partial charge in [0.25, 0.3) is 0 Å². The summed E-state index contributed by atoms with van der Waals surface area (Å²) >= 11 is 0. The van der Waals surface area contributed by atoms with Crippen LogP contribution >= 0.6 is 0 Å². The zero-order valence-electron chi connectivity index (χ0n) is 11.0. The van der Waals surface area contributed by atoms with Crippen molar-refractivity contribution in [2.45, 2.75) is 38.1 Å². The zero-order valence-corrected chi connectivity index (χ0v) is 11.0. The lowest BCUT2D eigenvalue weighted by atomic mass is 9.92. The number of hydrogen-bond acceptors (Lipinski definition) is 4. The van der Waals surface area contributed by atoms with Gasteiger partial charge in [-0.3, -0.25) is 5.32 Å². The highest BCUT2D eigenvalue weighted by atomic mass is 19.4. The number of halogens is 3. The molecule has 19 heavy (non-hydrogen) atoms. The first-order chi connectivity index (χ1) is 8.46. The van der Waals surface area contributed by atoms with Crippen molar-refractivity contribution in [1.82, 2.24) is 10.2 Å². The van der Waals surface area contributed by atoms with Gasteiger partial charge in [-0.1, -0.05) is 0 Å². The molecule has 0 atom stereocenters. The first-order valence-electron chi connectivity index (χ1n) is 5.67. The van der Waals surface area contributed by atoms with Gasteiger partial charge in [0.2, 0.25) is 0 Å². The van der Waals surface area contributed by atoms with Gasteiger partial charge in [-0.15, -0.1) is 0 Å². The van der Waals surface area contributed by atoms with Gasteiger partial charge in [-0.25, -0.2) is 4.79 Å². The lowest BCUT2D eigenvalue weighted by Crippen LogP contribution is -2.70. The molecule has 0 unspecified atom stereocenters. The van der Waals surface area contributed by atoms with E-state index in [9.17, 15) is 18.0 Å². The van der Waals surface area contributed by atoms with Crippen LogP contribution in [0.2, 0.25) is 0 Å². The van der Waals surface area contributed by atoms with Crippen LogP contribution in [0.15, 0.2) is 0 Å². The molecule has 0 spiro atoms. The van der Waals surface area contributed by atoms with Gasteiger partial charge in [0.05, 0.1) is 25.7 Å². The minimum atomic E-state index is -4.39. The van der Waals surface area contributed by atoms with Crippen molar-refractivity contribution in [2.75, 3.05) is 19.6 Å². The molecule has 1 rings (SSSR count). The molecule has 1 heterocycles. The lowest BCUT2D eigenvalue weighted by molar-refractivity contribution is -0.130. The molecule has 1 aliphatic rings. The molecule has 0 radical (unpaired) electrons. The zero-order chi connectivity index (χ0) is 14.9. The Kier molecular flexibility index (Phi) is 4.00. The Hall–Kier alpha value is -1.49. The number of nitrogens with one attached hydrogen (secondary N) is 1. The second-order valence-corrected chi connectivity index (χ2v) is 5.50. The van der Waals surface area contributed by atoms with Gasteiger partial charge >= 0.3 is 12.3 Å². The summed E-state index contributed by atoms with van der Waals surface area (Å²) in [6, 6.07) is 1.77. The van der Waals surface area contributed by atoms with E-state index in [4.69, 9.17) is 10.00 Å². The number of carbonyl (C=O) groups is 1. The van der Waals surface area contributed by atoms with E-state index in [2.05, 4.69) is 5.32 Å². The van der Waals surface area contributed by atoms with E-state index in [-0.39, 0.29) is 13.1 Å². The molecule has 0 aliphatic carbocycles. The van der Waals surface area contributed by atoms with E-state index < -0.39 is 30.0 Å². The average molecular weight is 279 g/mol. The molecule has 0 aromatic rings. The Labute approximate surface area is 109 Å². The van der Waals surface area contributed by atoms with Crippen LogP contribution in [0, 0.1) is 11.3 Å². The van der Waals surface area contributed by atoms with E-state index >= 15 is 0 Å². The Morgan fingerprint density at radius 2 is 1.95 bits per heavy atom. The fourth-order valence-corrected chi connectivity index (χ4v) is 1.55. The van der Waals surface area contributed by atoms with Crippen LogP contribution in [0.3, 0.4) is 0 Å². The number of hydrogen-bond donors (Lipinski definition) is 1. The van der Waals surface area contributed by atoms with Crippen molar-refractivity contribution in [3.63, 3.8) is 0 Å². The second kappa shape index (κ2) is 4.89. The molecule has 5 nitrogen and oxygen atoms in total. The van der Waals surface area contributed by atoms with Gasteiger partial charge in [0.15, 0.2) is 0 Å². The number of carbonyl (C=O) groups excluding carboxylic acids is 1. The maximum Gasteiger partial charge on any atom is 0.410 e. The number of amides is 1. The molecule has 1 aliphatic heterocycles. The normalized spacial score (nSPS) is 18.5. The lowest BCUT2D eigenvalue weighted by Gasteiger charge is -2.45. The molecule has 1 N–H and O–H groups in total. The van der Waals surface area contributed by atoms with Crippen LogP contribution < -0.4 is 5.32 Å². The minimum Gasteiger partial charge on any atom is -0.444 e. The van der Waals surface area contributed by atoms with Crippen molar-refractivity contribution in [1.29, 1.82) is 5.26 Å². The van der Waals surface area contributed by atoms with Crippen molar-refractivity contribution < 1.29 is 22.7 Å². The Bertz CT molecular complexity index is 389. The minimum absolute atomic E-state index is 0.117. The topological polar surface area (TPSA) is 65.4 Å². The summed E-state index contributed by atoms with van der Waals surface area (Å²) in [5, 5.41) is 11.0. The summed E-state index contributed by atoms with van der Waals surface area (Å²) in [5.74, 6) is 0. The standard InChI is InChI=1S/C11H16F3N3O2/c1-9(2,3)19-8(18)17-6-10(4-15,7-17)16-5-11(12,13)14/h16H,5-7H2,1-3H3. The van der Waals surface area contributed by atoms with Crippen LogP contribution in [0.1, 0.15) is 20.8 Å². The van der Waals surface area contributed by atoms with Crippen molar-refractivity contribution >= 4 is 6.09 Å². The molecular formula is C11H16F3N3O2. The highest BCUT2D eigenvalue weighted by Crippen LogP contribution is 2.24. The highest BCUT2D eigenvalue weighted by Gasteiger charge is 2.48. The Morgan fingerprint density at radius 1 is 1.42 bits per heavy atom. The summed E-state index contributed by atoms with van der Waals surface area (Å²) in [4.78, 5) is 12.8. The maximum absolute atomic E-state index is 12.1. The van der Waals surface area contributed by atoms with Crippen LogP contribution in [-0.4, -0.2) is 47.9 Å². The SMILES string of the molecule is CC(C)(C)OC(=O)N1CC(C#N)(NCC(F)(F)F)C1. The monoisotopic (exact) mass is 279 g/mol. The van der Waals surface area contributed by atoms with Crippen molar-refractivity contribution in [3.05, 3.63) is 0 Å². The van der Waals surface area contributed by atoms with E-state index in [1.165, 1.54) is 4.90 Å². The number of nitrogens with zero attached hydrogens (tertiary/aromatic N) is 2. The van der Waals surface area contributed by atoms with E-state index in [0.717, 1.165) is 0 Å². The quantitative estimate of drug-likeness (QED) is 0.834. The fraction of sp³-hybridized carbons (Fsp3) is 0.818. The van der Waals surface area contributed by atoms with Crippen molar-refractivity contribution in [3.8, 4) is 6.07 Å². The average Bonchev–Trinajstić information content (AvgIpc) is 2.11. The van der Waals surface area contributed by atoms with Crippen LogP contribution in [0.5, 0.6) is 0 Å². The highest BCUT2D eigenvalue weighted by molar-refractivity contribution is 5.70. The molecular weight excluding hydrogens is 263 g/mol. The summed E-state index contributed by atoms with van der Waals surface area (Å²) < 4.78 is 41.3. The first-order valence-corrected chi connectivity index (χ1v) is 5.67. The van der Waals surface area contributed by atoms with Gasteiger partial charge in [0.1, 0.15) is 11.1 Å². The summed E-state index contributed by atoms with van der Waals surface area (Å²) in [6.07, 6.45) is -5.02. The first kappa shape index (κ1) is 15.6. The molecule has 0 aromatic heterocycles.